The summed E-state index contributed by atoms with van der Waals surface area (Å²) in [6.45, 7) is -0.445. The Bertz CT molecular complexity index is 510. The van der Waals surface area contributed by atoms with Gasteiger partial charge in [0.2, 0.25) is 0 Å². The molecule has 1 aliphatic rings. The Morgan fingerprint density at radius 3 is 2.61 bits per heavy atom. The van der Waals surface area contributed by atoms with E-state index in [9.17, 15) is 18.0 Å². The summed E-state index contributed by atoms with van der Waals surface area (Å²) in [4.78, 5) is 13.3. The summed E-state index contributed by atoms with van der Waals surface area (Å²) in [5, 5.41) is 3.21. The minimum atomic E-state index is -4.51. The molecule has 1 saturated heterocycles. The molecule has 0 radical (unpaired) electrons. The highest BCUT2D eigenvalue weighted by atomic mass is 35.5. The smallest absolute Gasteiger partial charge is 0.366 e. The lowest BCUT2D eigenvalue weighted by Crippen LogP contribution is -2.56. The van der Waals surface area contributed by atoms with E-state index in [2.05, 4.69) is 5.10 Å². The highest BCUT2D eigenvalue weighted by Gasteiger charge is 2.31. The zero-order valence-electron chi connectivity index (χ0n) is 9.12. The molecule has 0 atom stereocenters. The monoisotopic (exact) mass is 282 g/mol. The molecule has 1 aromatic heterocycles. The average molecular weight is 283 g/mol. The van der Waals surface area contributed by atoms with E-state index >= 15 is 0 Å². The quantitative estimate of drug-likeness (QED) is 0.863. The fraction of sp³-hybridized carbons (Fsp3) is 0.556. The van der Waals surface area contributed by atoms with Crippen LogP contribution < -0.4 is 16.2 Å². The molecular formula is C9H10ClF3N4O. The van der Waals surface area contributed by atoms with Crippen molar-refractivity contribution in [3.63, 3.8) is 0 Å². The number of alkyl halides is 3. The van der Waals surface area contributed by atoms with Crippen molar-refractivity contribution in [3.05, 3.63) is 21.6 Å². The lowest BCUT2D eigenvalue weighted by Gasteiger charge is -2.38. The van der Waals surface area contributed by atoms with Crippen molar-refractivity contribution in [2.45, 2.75) is 18.8 Å². The maximum absolute atomic E-state index is 12.2. The lowest BCUT2D eigenvalue weighted by atomic mass is 10.1. The van der Waals surface area contributed by atoms with Gasteiger partial charge in [0.15, 0.2) is 0 Å². The molecule has 0 spiro atoms. The van der Waals surface area contributed by atoms with E-state index in [1.165, 1.54) is 0 Å². The second-order valence-electron chi connectivity index (χ2n) is 4.09. The molecule has 2 heterocycles. The summed E-state index contributed by atoms with van der Waals surface area (Å²) in [6, 6.07) is -0.0151. The van der Waals surface area contributed by atoms with Crippen molar-refractivity contribution in [1.82, 2.24) is 9.78 Å². The van der Waals surface area contributed by atoms with Gasteiger partial charge in [0.25, 0.3) is 5.56 Å². The molecule has 0 unspecified atom stereocenters. The molecule has 9 heteroatoms. The SMILES string of the molecule is NC1CN(c2cnn(CC(F)(F)F)c(=O)c2Cl)C1. The van der Waals surface area contributed by atoms with Crippen LogP contribution >= 0.6 is 11.6 Å². The Hall–Kier alpha value is -1.28. The third kappa shape index (κ3) is 2.59. The first kappa shape index (κ1) is 13.2. The zero-order chi connectivity index (χ0) is 13.5. The van der Waals surface area contributed by atoms with Crippen LogP contribution in [-0.2, 0) is 6.54 Å². The molecule has 1 aromatic rings. The first-order valence-corrected chi connectivity index (χ1v) is 5.48. The van der Waals surface area contributed by atoms with Crippen LogP contribution in [0.5, 0.6) is 0 Å². The van der Waals surface area contributed by atoms with Crippen molar-refractivity contribution in [3.8, 4) is 0 Å². The molecule has 1 aliphatic heterocycles. The maximum Gasteiger partial charge on any atom is 0.408 e. The number of nitrogens with two attached hydrogens (primary N) is 1. The summed E-state index contributed by atoms with van der Waals surface area (Å²) < 4.78 is 36.8. The van der Waals surface area contributed by atoms with Crippen LogP contribution in [-0.4, -0.2) is 35.1 Å². The van der Waals surface area contributed by atoms with E-state index in [1.807, 2.05) is 0 Å². The molecule has 2 N–H and O–H groups in total. The molecule has 0 aromatic carbocycles. The number of aromatic nitrogens is 2. The van der Waals surface area contributed by atoms with Crippen molar-refractivity contribution >= 4 is 17.3 Å². The van der Waals surface area contributed by atoms with Gasteiger partial charge in [0.1, 0.15) is 11.6 Å². The predicted molar refractivity (Wildman–Crippen MR) is 59.8 cm³/mol. The van der Waals surface area contributed by atoms with Gasteiger partial charge in [-0.25, -0.2) is 4.68 Å². The average Bonchev–Trinajstić information content (AvgIpc) is 2.20. The molecular weight excluding hydrogens is 273 g/mol. The molecule has 0 aliphatic carbocycles. The molecule has 18 heavy (non-hydrogen) atoms. The minimum absolute atomic E-state index is 0.0151. The normalized spacial score (nSPS) is 16.8. The highest BCUT2D eigenvalue weighted by Crippen LogP contribution is 2.25. The predicted octanol–water partition coefficient (Wildman–Crippen LogP) is 0.606. The maximum atomic E-state index is 12.2. The van der Waals surface area contributed by atoms with Crippen LogP contribution in [0, 0.1) is 0 Å². The number of halogens is 4. The molecule has 100 valence electrons. The first-order chi connectivity index (χ1) is 8.28. The molecule has 2 rings (SSSR count). The summed E-state index contributed by atoms with van der Waals surface area (Å²) in [7, 11) is 0. The Labute approximate surface area is 105 Å². The van der Waals surface area contributed by atoms with Crippen molar-refractivity contribution in [2.75, 3.05) is 18.0 Å². The molecule has 0 saturated carbocycles. The van der Waals surface area contributed by atoms with Crippen molar-refractivity contribution in [1.29, 1.82) is 0 Å². The van der Waals surface area contributed by atoms with E-state index in [0.717, 1.165) is 6.20 Å². The third-order valence-corrected chi connectivity index (χ3v) is 2.90. The van der Waals surface area contributed by atoms with Crippen molar-refractivity contribution < 1.29 is 13.2 Å². The van der Waals surface area contributed by atoms with Gasteiger partial charge in [0, 0.05) is 19.1 Å². The van der Waals surface area contributed by atoms with Crippen molar-refractivity contribution in [2.24, 2.45) is 5.73 Å². The minimum Gasteiger partial charge on any atom is -0.366 e. The van der Waals surface area contributed by atoms with Crippen LogP contribution in [0.2, 0.25) is 5.02 Å². The Kier molecular flexibility index (Phi) is 3.24. The largest absolute Gasteiger partial charge is 0.408 e. The van der Waals surface area contributed by atoms with E-state index in [1.54, 1.807) is 4.90 Å². The Morgan fingerprint density at radius 1 is 1.50 bits per heavy atom. The number of anilines is 1. The standard InChI is InChI=1S/C9H10ClF3N4O/c10-7-6(16-2-5(14)3-16)1-15-17(8(7)18)4-9(11,12)13/h1,5H,2-4,14H2. The summed E-state index contributed by atoms with van der Waals surface area (Å²) in [6.07, 6.45) is -3.36. The Morgan fingerprint density at radius 2 is 2.11 bits per heavy atom. The van der Waals surface area contributed by atoms with E-state index in [4.69, 9.17) is 17.3 Å². The third-order valence-electron chi connectivity index (χ3n) is 2.55. The second-order valence-corrected chi connectivity index (χ2v) is 4.46. The van der Waals surface area contributed by atoms with Crippen LogP contribution in [0.15, 0.2) is 11.0 Å². The number of nitrogens with zero attached hydrogens (tertiary/aromatic N) is 3. The molecule has 1 fully saturated rings. The zero-order valence-corrected chi connectivity index (χ0v) is 9.87. The highest BCUT2D eigenvalue weighted by molar-refractivity contribution is 6.33. The molecule has 0 amide bonds. The van der Waals surface area contributed by atoms with Gasteiger partial charge < -0.3 is 10.6 Å². The van der Waals surface area contributed by atoms with Gasteiger partial charge in [-0.15, -0.1) is 0 Å². The second kappa shape index (κ2) is 4.43. The number of rotatable bonds is 2. The number of hydrogen-bond acceptors (Lipinski definition) is 4. The fourth-order valence-electron chi connectivity index (χ4n) is 1.67. The summed E-state index contributed by atoms with van der Waals surface area (Å²) >= 11 is 5.76. The van der Waals surface area contributed by atoms with Gasteiger partial charge in [-0.05, 0) is 0 Å². The van der Waals surface area contributed by atoms with E-state index < -0.39 is 18.3 Å². The van der Waals surface area contributed by atoms with Gasteiger partial charge in [-0.2, -0.15) is 18.3 Å². The number of hydrogen-bond donors (Lipinski definition) is 1. The van der Waals surface area contributed by atoms with E-state index in [0.29, 0.717) is 23.5 Å². The van der Waals surface area contributed by atoms with Crippen LogP contribution in [0.25, 0.3) is 0 Å². The van der Waals surface area contributed by atoms with Gasteiger partial charge >= 0.3 is 6.18 Å². The van der Waals surface area contributed by atoms with E-state index in [-0.39, 0.29) is 11.1 Å². The van der Waals surface area contributed by atoms with Crippen LogP contribution in [0.4, 0.5) is 18.9 Å². The van der Waals surface area contributed by atoms with Gasteiger partial charge in [-0.1, -0.05) is 11.6 Å². The molecule has 0 bridgehead atoms. The molecule has 5 nitrogen and oxygen atoms in total. The summed E-state index contributed by atoms with van der Waals surface area (Å²) in [5.74, 6) is 0. The first-order valence-electron chi connectivity index (χ1n) is 5.11. The lowest BCUT2D eigenvalue weighted by molar-refractivity contribution is -0.143. The Balaban J connectivity index is 2.28. The van der Waals surface area contributed by atoms with Crippen LogP contribution in [0.1, 0.15) is 0 Å². The topological polar surface area (TPSA) is 64.2 Å². The van der Waals surface area contributed by atoms with Gasteiger partial charge in [-0.3, -0.25) is 4.79 Å². The summed E-state index contributed by atoms with van der Waals surface area (Å²) in [5.41, 5.74) is 4.94. The fourth-order valence-corrected chi connectivity index (χ4v) is 1.93. The van der Waals surface area contributed by atoms with Gasteiger partial charge in [0.05, 0.1) is 11.9 Å². The van der Waals surface area contributed by atoms with Crippen LogP contribution in [0.3, 0.4) is 0 Å².